The highest BCUT2D eigenvalue weighted by molar-refractivity contribution is 7.12. The topological polar surface area (TPSA) is 73.1 Å². The van der Waals surface area contributed by atoms with Crippen molar-refractivity contribution in [2.24, 2.45) is 11.8 Å². The van der Waals surface area contributed by atoms with Crippen molar-refractivity contribution in [3.63, 3.8) is 0 Å². The third-order valence-electron chi connectivity index (χ3n) is 17.9. The molecule has 756 valence electrons. The number of furan rings is 1. The van der Waals surface area contributed by atoms with Crippen LogP contribution in [0.5, 0.6) is 0 Å². The van der Waals surface area contributed by atoms with Crippen molar-refractivity contribution in [3.05, 3.63) is 430 Å². The summed E-state index contributed by atoms with van der Waals surface area (Å²) in [6, 6.07) is 114. The number of alkyl halides is 1. The highest BCUT2D eigenvalue weighted by Gasteiger charge is 2.19. The summed E-state index contributed by atoms with van der Waals surface area (Å²) < 4.78 is 5.45. The molecule has 0 aliphatic heterocycles. The molecule has 13 aromatic rings. The number of ketones is 2. The molecule has 0 aliphatic rings. The predicted octanol–water partition coefficient (Wildman–Crippen LogP) is 40.1. The van der Waals surface area contributed by atoms with E-state index in [9.17, 15) is 9.59 Å². The molecule has 0 unspecified atom stereocenters. The van der Waals surface area contributed by atoms with Gasteiger partial charge in [0, 0.05) is 52.8 Å². The van der Waals surface area contributed by atoms with Gasteiger partial charge in [0.05, 0.1) is 0 Å². The largest absolute Gasteiger partial charge is 0.466 e. The first-order chi connectivity index (χ1) is 63.5. The van der Waals surface area contributed by atoms with Crippen molar-refractivity contribution < 1.29 is 14.0 Å². The molecule has 0 amide bonds. The number of benzene rings is 9. The Morgan fingerprint density at radius 3 is 0.591 bits per heavy atom. The lowest BCUT2D eigenvalue weighted by Gasteiger charge is -2.18. The van der Waals surface area contributed by atoms with Crippen molar-refractivity contribution >= 4 is 34.5 Å². The second-order valence-corrected chi connectivity index (χ2v) is 44.7. The van der Waals surface area contributed by atoms with Gasteiger partial charge in [0.2, 0.25) is 0 Å². The maximum Gasteiger partial charge on any atom is 0.129 e. The first kappa shape index (κ1) is 138. The molecule has 5 nitrogen and oxygen atoms in total. The molecule has 0 saturated carbocycles. The normalized spacial score (nSPS) is 10.3. The molecule has 0 radical (unpaired) electrons. The lowest BCUT2D eigenvalue weighted by molar-refractivity contribution is -0.117. The number of nitrogens with zero attached hydrogens (tertiary/aromatic N) is 2. The van der Waals surface area contributed by atoms with E-state index in [-0.39, 0.29) is 27.8 Å². The Hall–Kier alpha value is -10.1. The van der Waals surface area contributed by atoms with Crippen LogP contribution in [-0.4, -0.2) is 27.9 Å². The monoisotopic (exact) mass is 1900 g/mol. The van der Waals surface area contributed by atoms with Gasteiger partial charge in [-0.3, -0.25) is 9.97 Å². The molecule has 7 heteroatoms. The number of carbonyl (C=O) groups excluding carboxylic acids is 2. The van der Waals surface area contributed by atoms with E-state index in [2.05, 4.69) is 477 Å². The van der Waals surface area contributed by atoms with Gasteiger partial charge < -0.3 is 14.0 Å². The summed E-state index contributed by atoms with van der Waals surface area (Å²) in [6.07, 6.45) is 9.52. The number of rotatable bonds is 1. The molecular weight excluding hydrogens is 1700 g/mol. The van der Waals surface area contributed by atoms with Crippen molar-refractivity contribution in [2.45, 2.75) is 353 Å². The molecule has 13 rings (SSSR count). The van der Waals surface area contributed by atoms with Crippen LogP contribution in [0.15, 0.2) is 363 Å². The van der Waals surface area contributed by atoms with E-state index in [4.69, 9.17) is 4.42 Å². The van der Waals surface area contributed by atoms with E-state index in [1.807, 2.05) is 185 Å². The highest BCUT2D eigenvalue weighted by Crippen LogP contribution is 2.30. The molecule has 4 aromatic heterocycles. The fraction of sp³-hybridized carbons (Fsp3) is 0.431. The van der Waals surface area contributed by atoms with Crippen LogP contribution in [0.4, 0.5) is 0 Å². The Kier molecular flexibility index (Phi) is 78.1. The molecular formula is C130H195ClN2O3S. The van der Waals surface area contributed by atoms with Crippen molar-refractivity contribution in [3.8, 4) is 0 Å². The lowest BCUT2D eigenvalue weighted by atomic mass is 9.87. The number of hydrogen-bond acceptors (Lipinski definition) is 6. The number of aromatic nitrogens is 2. The molecule has 0 saturated heterocycles. The van der Waals surface area contributed by atoms with Crippen molar-refractivity contribution in [1.29, 1.82) is 0 Å². The molecule has 0 bridgehead atoms. The molecule has 137 heavy (non-hydrogen) atoms. The molecule has 0 aliphatic carbocycles. The standard InChI is InChI=1S/5C10H14.2C9H13N.C9H14O.C9H14S.2C7H8.2C6H6.C4H8O.2C4H10.C3H6O.C2H6.CH3Cl/c5*1-10(2,3)9-7-5-4-6-8-9;1-9(2,3)8-4-6-10-7-5-8;1-9(2,3)8-5-4-6-10-7-8;2*1-7-5-6-8(10-7)9(2,3)4;2*1-7-5-3-2-4-6-7;2*1-2-4-6-5-3-1;1-3-4(2)5;2*1-4(2)3;1-3(2)4;2*1-2/h5*4-8H,1-3H3;2*4-7H,1-3H3;2*5-6H,1-4H3;2*2-6H,1H3;2*1-6H;3H2,1-2H3;2*4H,1-3H3;1-2H3;1-2H3;1H3. The van der Waals surface area contributed by atoms with Crippen LogP contribution in [0, 0.1) is 39.5 Å². The molecule has 0 spiro atoms. The van der Waals surface area contributed by atoms with Gasteiger partial charge in [0.25, 0.3) is 0 Å². The quantitative estimate of drug-likeness (QED) is 0.153. The van der Waals surface area contributed by atoms with Crippen molar-refractivity contribution in [1.82, 2.24) is 9.97 Å². The van der Waals surface area contributed by atoms with Gasteiger partial charge in [-0.1, -0.05) is 552 Å². The molecule has 4 heterocycles. The smallest absolute Gasteiger partial charge is 0.129 e. The number of pyridine rings is 2. The zero-order valence-electron chi connectivity index (χ0n) is 94.8. The second kappa shape index (κ2) is 77.8. The fourth-order valence-corrected chi connectivity index (χ4v) is 10.8. The summed E-state index contributed by atoms with van der Waals surface area (Å²) >= 11 is 6.53. The van der Waals surface area contributed by atoms with E-state index < -0.39 is 0 Å². The van der Waals surface area contributed by atoms with Crippen LogP contribution in [-0.2, 0) is 58.3 Å². The predicted molar refractivity (Wildman–Crippen MR) is 618 cm³/mol. The van der Waals surface area contributed by atoms with Gasteiger partial charge >= 0.3 is 0 Å². The van der Waals surface area contributed by atoms with E-state index >= 15 is 0 Å². The van der Waals surface area contributed by atoms with Crippen LogP contribution >= 0.6 is 22.9 Å². The van der Waals surface area contributed by atoms with Crippen molar-refractivity contribution in [2.75, 3.05) is 6.38 Å². The van der Waals surface area contributed by atoms with Gasteiger partial charge in [-0.05, 0) is 185 Å². The minimum Gasteiger partial charge on any atom is -0.466 e. The molecule has 0 fully saturated rings. The minimum absolute atomic E-state index is 0.147. The Bertz CT molecular complexity index is 4100. The first-order valence-corrected chi connectivity index (χ1v) is 50.7. The number of Topliss-reactive ketones (excluding diaryl/α,β-unsaturated/α-hetero) is 2. The Labute approximate surface area is 853 Å². The van der Waals surface area contributed by atoms with E-state index in [0.717, 1.165) is 23.4 Å². The number of thiophene rings is 1. The van der Waals surface area contributed by atoms with Crippen LogP contribution in [0.25, 0.3) is 0 Å². The maximum atomic E-state index is 9.81. The van der Waals surface area contributed by atoms with Gasteiger partial charge in [0.15, 0.2) is 0 Å². The first-order valence-electron chi connectivity index (χ1n) is 49.1. The summed E-state index contributed by atoms with van der Waals surface area (Å²) in [6.45, 7) is 91.5. The Morgan fingerprint density at radius 2 is 0.482 bits per heavy atom. The molecule has 0 N–H and O–H groups in total. The highest BCUT2D eigenvalue weighted by atomic mass is 35.5. The summed E-state index contributed by atoms with van der Waals surface area (Å²) in [7, 11) is 0. The average Bonchev–Trinajstić information content (AvgIpc) is 1.61. The fourth-order valence-electron chi connectivity index (χ4n) is 9.86. The minimum atomic E-state index is 0.147. The third kappa shape index (κ3) is 88.3. The number of carbonyl (C=O) groups is 2. The SMILES string of the molecule is CC.CC(C)(C)c1ccccc1.CC(C)(C)c1ccccc1.CC(C)(C)c1ccccc1.CC(C)(C)c1ccccc1.CC(C)(C)c1ccccc1.CC(C)(C)c1cccnc1.CC(C)(C)c1ccncc1.CC(C)=O.CC(C)C.CC(C)C.CCC(C)=O.CCl.Cc1ccc(C(C)(C)C)o1.Cc1ccc(C(C)(C)C)s1.Cc1ccccc1.Cc1ccccc1.c1ccccc1.c1ccccc1. The number of halogens is 1. The van der Waals surface area contributed by atoms with E-state index in [1.54, 1.807) is 13.1 Å². The number of hydrogen-bond donors (Lipinski definition) is 0. The second-order valence-electron chi connectivity index (χ2n) is 43.4. The van der Waals surface area contributed by atoms with Gasteiger partial charge in [-0.15, -0.1) is 22.9 Å². The summed E-state index contributed by atoms with van der Waals surface area (Å²) in [4.78, 5) is 30.2. The van der Waals surface area contributed by atoms with E-state index in [1.165, 1.54) is 80.1 Å². The zero-order valence-corrected chi connectivity index (χ0v) is 96.4. The summed E-state index contributed by atoms with van der Waals surface area (Å²) in [5, 5.41) is 0. The third-order valence-corrected chi connectivity index (χ3v) is 19.4. The van der Waals surface area contributed by atoms with Crippen LogP contribution in [0.3, 0.4) is 0 Å². The van der Waals surface area contributed by atoms with Crippen LogP contribution in [0.1, 0.15) is 348 Å². The van der Waals surface area contributed by atoms with Crippen LogP contribution < -0.4 is 0 Å². The lowest BCUT2D eigenvalue weighted by Crippen LogP contribution is -2.10. The zero-order chi connectivity index (χ0) is 107. The summed E-state index contributed by atoms with van der Waals surface area (Å²) in [5.74, 6) is 4.14. The van der Waals surface area contributed by atoms with Crippen LogP contribution in [0.2, 0.25) is 0 Å². The Morgan fingerprint density at radius 1 is 0.277 bits per heavy atom. The van der Waals surface area contributed by atoms with Gasteiger partial charge in [-0.25, -0.2) is 0 Å². The molecule has 9 aromatic carbocycles. The van der Waals surface area contributed by atoms with Gasteiger partial charge in [0.1, 0.15) is 23.1 Å². The number of aryl methyl sites for hydroxylation is 4. The maximum absolute atomic E-state index is 9.81. The van der Waals surface area contributed by atoms with E-state index in [0.29, 0.717) is 38.9 Å². The summed E-state index contributed by atoms with van der Waals surface area (Å²) in [5.41, 5.74) is 14.7. The van der Waals surface area contributed by atoms with Gasteiger partial charge in [-0.2, -0.15) is 0 Å². The average molecular weight is 1900 g/mol. The Balaban J connectivity index is -0.000000334. The molecule has 0 atom stereocenters.